The highest BCUT2D eigenvalue weighted by atomic mass is 16.3. The first-order chi connectivity index (χ1) is 21.8. The second-order valence-electron chi connectivity index (χ2n) is 16.8. The Balaban J connectivity index is 0.000000181. The standard InChI is InChI=1S/C21H31NO.C20H27NO2/c1-14(2)17-7-8-21(13-22)10-9-20(4)15(3)11-16(12-23)5-6-18(20)19(17)21;1-13(2)15-6-7-20(12-21)9-8-19(3)16(18(15)20)5-4-14(11-22)10-17(19)23/h5,14-15,18,23H,6-12H2,1-4H3;4,13,16,22H,5-11H2,1-3H3/t15?,18-,20+,21-;16-,19-,20-/m11/s1. The second-order valence-corrected chi connectivity index (χ2v) is 16.8. The summed E-state index contributed by atoms with van der Waals surface area (Å²) in [7, 11) is 0. The molecule has 0 heterocycles. The Hall–Kier alpha value is -2.47. The molecule has 46 heavy (non-hydrogen) atoms. The molecule has 250 valence electrons. The molecule has 6 aliphatic rings. The van der Waals surface area contributed by atoms with Gasteiger partial charge in [0, 0.05) is 11.8 Å². The van der Waals surface area contributed by atoms with Crippen LogP contribution in [0, 0.1) is 73.9 Å². The first-order valence-electron chi connectivity index (χ1n) is 18.2. The van der Waals surface area contributed by atoms with E-state index in [0.717, 1.165) is 76.2 Å². The monoisotopic (exact) mass is 626 g/mol. The number of Topliss-reactive ketones (excluding diaryl/α,β-unsaturated/α-hetero) is 1. The lowest BCUT2D eigenvalue weighted by molar-refractivity contribution is -0.131. The van der Waals surface area contributed by atoms with Crippen molar-refractivity contribution in [2.75, 3.05) is 13.2 Å². The fraction of sp³-hybridized carbons (Fsp3) is 0.732. The summed E-state index contributed by atoms with van der Waals surface area (Å²) in [5.74, 6) is 2.40. The number of allylic oxidation sites excluding steroid dienone is 6. The van der Waals surface area contributed by atoms with Crippen molar-refractivity contribution in [2.45, 2.75) is 126 Å². The number of ketones is 1. The van der Waals surface area contributed by atoms with E-state index in [4.69, 9.17) is 0 Å². The number of rotatable bonds is 4. The largest absolute Gasteiger partial charge is 0.392 e. The maximum Gasteiger partial charge on any atom is 0.143 e. The van der Waals surface area contributed by atoms with Gasteiger partial charge in [0.1, 0.15) is 5.78 Å². The van der Waals surface area contributed by atoms with Crippen LogP contribution < -0.4 is 0 Å². The molecule has 0 aromatic carbocycles. The Morgan fingerprint density at radius 2 is 1.28 bits per heavy atom. The van der Waals surface area contributed by atoms with Gasteiger partial charge in [0.05, 0.1) is 36.2 Å². The third-order valence-electron chi connectivity index (χ3n) is 14.0. The molecule has 0 aromatic heterocycles. The smallest absolute Gasteiger partial charge is 0.143 e. The van der Waals surface area contributed by atoms with Crippen molar-refractivity contribution in [1.29, 1.82) is 10.5 Å². The Morgan fingerprint density at radius 3 is 1.80 bits per heavy atom. The normalized spacial score (nSPS) is 38.7. The van der Waals surface area contributed by atoms with Gasteiger partial charge in [-0.15, -0.1) is 0 Å². The SMILES string of the molecule is CC(C)C1=C2[C@H]3CC=C(CO)CC(=O)[C@]3(C)CC[C@@]2(C#N)CC1.CC(C)C1=C2[C@H]3CC=C(CO)CC(C)[C@]3(C)CC[C@@]2(C#N)CC1. The Bertz CT molecular complexity index is 1450. The van der Waals surface area contributed by atoms with Crippen LogP contribution in [-0.4, -0.2) is 29.2 Å². The van der Waals surface area contributed by atoms with Crippen LogP contribution in [0.4, 0.5) is 0 Å². The number of nitrogens with zero attached hydrogens (tertiary/aromatic N) is 2. The average Bonchev–Trinajstić information content (AvgIpc) is 3.56. The van der Waals surface area contributed by atoms with E-state index < -0.39 is 0 Å². The van der Waals surface area contributed by atoms with Gasteiger partial charge in [-0.2, -0.15) is 10.5 Å². The Morgan fingerprint density at radius 1 is 0.783 bits per heavy atom. The van der Waals surface area contributed by atoms with Crippen LogP contribution in [0.2, 0.25) is 0 Å². The molecule has 2 saturated carbocycles. The zero-order valence-electron chi connectivity index (χ0n) is 29.6. The topological polar surface area (TPSA) is 105 Å². The number of nitriles is 2. The number of hydrogen-bond acceptors (Lipinski definition) is 5. The van der Waals surface area contributed by atoms with Gasteiger partial charge in [0.2, 0.25) is 0 Å². The van der Waals surface area contributed by atoms with Gasteiger partial charge in [0.25, 0.3) is 0 Å². The quantitative estimate of drug-likeness (QED) is 0.303. The summed E-state index contributed by atoms with van der Waals surface area (Å²) in [6, 6.07) is 5.38. The molecule has 0 bridgehead atoms. The third kappa shape index (κ3) is 5.48. The zero-order valence-corrected chi connectivity index (χ0v) is 29.6. The highest BCUT2D eigenvalue weighted by molar-refractivity contribution is 5.88. The minimum Gasteiger partial charge on any atom is -0.392 e. The van der Waals surface area contributed by atoms with Crippen molar-refractivity contribution in [3.05, 3.63) is 45.6 Å². The van der Waals surface area contributed by atoms with Crippen LogP contribution in [0.3, 0.4) is 0 Å². The van der Waals surface area contributed by atoms with Crippen LogP contribution >= 0.6 is 0 Å². The second kappa shape index (κ2) is 12.9. The van der Waals surface area contributed by atoms with Gasteiger partial charge in [-0.3, -0.25) is 4.79 Å². The minimum atomic E-state index is -0.381. The number of hydrogen-bond donors (Lipinski definition) is 2. The summed E-state index contributed by atoms with van der Waals surface area (Å²) in [5, 5.41) is 39.1. The summed E-state index contributed by atoms with van der Waals surface area (Å²) in [4.78, 5) is 12.9. The first-order valence-corrected chi connectivity index (χ1v) is 18.2. The van der Waals surface area contributed by atoms with Gasteiger partial charge >= 0.3 is 0 Å². The van der Waals surface area contributed by atoms with Crippen molar-refractivity contribution in [3.8, 4) is 12.1 Å². The van der Waals surface area contributed by atoms with Crippen LogP contribution in [0.1, 0.15) is 126 Å². The molecule has 7 atom stereocenters. The van der Waals surface area contributed by atoms with E-state index in [1.807, 2.05) is 0 Å². The van der Waals surface area contributed by atoms with Crippen molar-refractivity contribution < 1.29 is 15.0 Å². The van der Waals surface area contributed by atoms with E-state index >= 15 is 0 Å². The van der Waals surface area contributed by atoms with Crippen LogP contribution in [0.25, 0.3) is 0 Å². The lowest BCUT2D eigenvalue weighted by atomic mass is 9.52. The number of aliphatic hydroxyl groups excluding tert-OH is 2. The summed E-state index contributed by atoms with van der Waals surface area (Å²) < 4.78 is 0. The maximum atomic E-state index is 12.9. The number of carbonyl (C=O) groups excluding carboxylic acids is 1. The summed E-state index contributed by atoms with van der Waals surface area (Å²) in [6.07, 6.45) is 15.3. The molecule has 5 heteroatoms. The number of carbonyl (C=O) groups is 1. The van der Waals surface area contributed by atoms with E-state index in [1.54, 1.807) is 5.57 Å². The van der Waals surface area contributed by atoms with Crippen molar-refractivity contribution in [2.24, 2.45) is 51.2 Å². The van der Waals surface area contributed by atoms with E-state index in [-0.39, 0.29) is 46.6 Å². The fourth-order valence-electron chi connectivity index (χ4n) is 10.7. The van der Waals surface area contributed by atoms with Crippen LogP contribution in [0.15, 0.2) is 45.6 Å². The van der Waals surface area contributed by atoms with E-state index in [2.05, 4.69) is 72.8 Å². The number of aliphatic hydroxyl groups is 2. The van der Waals surface area contributed by atoms with Gasteiger partial charge in [-0.05, 0) is 128 Å². The average molecular weight is 627 g/mol. The maximum absolute atomic E-state index is 12.9. The summed E-state index contributed by atoms with van der Waals surface area (Å²) in [5.41, 5.74) is 7.15. The number of fused-ring (bicyclic) bond motifs is 6. The molecule has 1 unspecified atom stereocenters. The molecule has 6 aliphatic carbocycles. The molecular formula is C41H58N2O3. The highest BCUT2D eigenvalue weighted by Gasteiger charge is 2.57. The highest BCUT2D eigenvalue weighted by Crippen LogP contribution is 2.65. The summed E-state index contributed by atoms with van der Waals surface area (Å²) in [6.45, 7) is 16.0. The molecule has 2 fully saturated rings. The fourth-order valence-corrected chi connectivity index (χ4v) is 10.7. The molecule has 0 aromatic rings. The molecule has 0 radical (unpaired) electrons. The Labute approximate surface area is 278 Å². The van der Waals surface area contributed by atoms with Crippen molar-refractivity contribution in [1.82, 2.24) is 0 Å². The molecule has 0 saturated heterocycles. The summed E-state index contributed by atoms with van der Waals surface area (Å²) >= 11 is 0. The predicted octanol–water partition coefficient (Wildman–Crippen LogP) is 8.95. The van der Waals surface area contributed by atoms with E-state index in [9.17, 15) is 25.5 Å². The van der Waals surface area contributed by atoms with Gasteiger partial charge in [-0.1, -0.05) is 71.8 Å². The first kappa shape index (κ1) is 34.9. The molecule has 2 N–H and O–H groups in total. The molecule has 0 spiro atoms. The minimum absolute atomic E-state index is 0.0337. The van der Waals surface area contributed by atoms with Crippen molar-refractivity contribution in [3.63, 3.8) is 0 Å². The Kier molecular flexibility index (Phi) is 9.74. The van der Waals surface area contributed by atoms with Crippen LogP contribution in [-0.2, 0) is 4.79 Å². The van der Waals surface area contributed by atoms with Crippen LogP contribution in [0.5, 0.6) is 0 Å². The third-order valence-corrected chi connectivity index (χ3v) is 14.0. The van der Waals surface area contributed by atoms with Gasteiger partial charge < -0.3 is 10.2 Å². The molecule has 5 nitrogen and oxygen atoms in total. The predicted molar refractivity (Wildman–Crippen MR) is 183 cm³/mol. The zero-order chi connectivity index (χ0) is 33.7. The lowest BCUT2D eigenvalue weighted by Gasteiger charge is -2.51. The van der Waals surface area contributed by atoms with E-state index in [0.29, 0.717) is 30.1 Å². The molecule has 6 rings (SSSR count). The van der Waals surface area contributed by atoms with Gasteiger partial charge in [0.15, 0.2) is 0 Å². The molecular weight excluding hydrogens is 568 g/mol. The lowest BCUT2D eigenvalue weighted by Crippen LogP contribution is -2.45. The van der Waals surface area contributed by atoms with Crippen molar-refractivity contribution >= 4 is 5.78 Å². The molecule has 0 aliphatic heterocycles. The van der Waals surface area contributed by atoms with E-state index in [1.165, 1.54) is 22.3 Å². The molecule has 0 amide bonds. The van der Waals surface area contributed by atoms with Gasteiger partial charge in [-0.25, -0.2) is 0 Å².